The van der Waals surface area contributed by atoms with Gasteiger partial charge in [0.15, 0.2) is 0 Å². The number of carbonyl (C=O) groups is 1. The molecule has 2 aliphatic rings. The summed E-state index contributed by atoms with van der Waals surface area (Å²) < 4.78 is 0. The standard InChI is InChI=1S/C31H36N2O2/c1-3-16-30(35)17-18-31(20-23-9-5-4-6-10-23)26(21-30)14-12-24-19-25(13-15-27(24)31)29(34)33-28-11-7-8-22(2)32-28/h4-11,13,15,19,26,35H,3,12,14,16-18,20-21H2,1-2H3,(H,32,33,34)/t26-,30-,31+/m1/s1. The van der Waals surface area contributed by atoms with E-state index in [1.165, 1.54) is 16.7 Å². The van der Waals surface area contributed by atoms with Gasteiger partial charge in [0.05, 0.1) is 5.60 Å². The maximum absolute atomic E-state index is 13.0. The van der Waals surface area contributed by atoms with Crippen molar-refractivity contribution in [3.63, 3.8) is 0 Å². The Kier molecular flexibility index (Phi) is 6.50. The fourth-order valence-corrected chi connectivity index (χ4v) is 6.69. The van der Waals surface area contributed by atoms with E-state index in [0.717, 1.165) is 57.1 Å². The average Bonchev–Trinajstić information content (AvgIpc) is 2.85. The molecule has 0 unspecified atom stereocenters. The number of anilines is 1. The lowest BCUT2D eigenvalue weighted by Crippen LogP contribution is -2.51. The lowest BCUT2D eigenvalue weighted by molar-refractivity contribution is -0.0565. The van der Waals surface area contributed by atoms with E-state index in [9.17, 15) is 9.90 Å². The zero-order valence-corrected chi connectivity index (χ0v) is 20.9. The monoisotopic (exact) mass is 468 g/mol. The first kappa shape index (κ1) is 23.7. The summed E-state index contributed by atoms with van der Waals surface area (Å²) in [6.07, 6.45) is 7.56. The smallest absolute Gasteiger partial charge is 0.256 e. The molecule has 3 aromatic rings. The number of nitrogens with one attached hydrogen (secondary N) is 1. The number of nitrogens with zero attached hydrogens (tertiary/aromatic N) is 1. The first-order chi connectivity index (χ1) is 16.9. The second kappa shape index (κ2) is 9.58. The van der Waals surface area contributed by atoms with Gasteiger partial charge in [-0.2, -0.15) is 0 Å². The largest absolute Gasteiger partial charge is 0.390 e. The summed E-state index contributed by atoms with van der Waals surface area (Å²) in [5, 5.41) is 14.3. The normalized spacial score (nSPS) is 25.4. The number of amides is 1. The van der Waals surface area contributed by atoms with Gasteiger partial charge < -0.3 is 10.4 Å². The summed E-state index contributed by atoms with van der Waals surface area (Å²) in [7, 11) is 0. The molecule has 0 bridgehead atoms. The number of aryl methyl sites for hydroxylation is 2. The maximum Gasteiger partial charge on any atom is 0.256 e. The second-order valence-corrected chi connectivity index (χ2v) is 10.7. The Labute approximate surface area is 208 Å². The highest BCUT2D eigenvalue weighted by atomic mass is 16.3. The topological polar surface area (TPSA) is 62.2 Å². The number of carbonyl (C=O) groups excluding carboxylic acids is 1. The highest BCUT2D eigenvalue weighted by Crippen LogP contribution is 2.55. The van der Waals surface area contributed by atoms with Gasteiger partial charge in [0.1, 0.15) is 5.82 Å². The summed E-state index contributed by atoms with van der Waals surface area (Å²) >= 11 is 0. The minimum atomic E-state index is -0.544. The molecule has 4 heteroatoms. The Morgan fingerprint density at radius 3 is 2.69 bits per heavy atom. The predicted molar refractivity (Wildman–Crippen MR) is 141 cm³/mol. The lowest BCUT2D eigenvalue weighted by atomic mass is 9.52. The van der Waals surface area contributed by atoms with E-state index in [1.807, 2.05) is 31.2 Å². The van der Waals surface area contributed by atoms with Crippen molar-refractivity contribution in [2.45, 2.75) is 76.2 Å². The van der Waals surface area contributed by atoms with Crippen LogP contribution >= 0.6 is 0 Å². The summed E-state index contributed by atoms with van der Waals surface area (Å²) in [6.45, 7) is 4.09. The van der Waals surface area contributed by atoms with Crippen molar-refractivity contribution >= 4 is 11.7 Å². The highest BCUT2D eigenvalue weighted by molar-refractivity contribution is 6.04. The number of aromatic nitrogens is 1. The number of rotatable bonds is 6. The number of fused-ring (bicyclic) bond motifs is 3. The van der Waals surface area contributed by atoms with Crippen molar-refractivity contribution in [1.29, 1.82) is 0 Å². The van der Waals surface area contributed by atoms with Gasteiger partial charge in [-0.05, 0) is 98.7 Å². The summed E-state index contributed by atoms with van der Waals surface area (Å²) in [5.74, 6) is 0.901. The van der Waals surface area contributed by atoms with E-state index in [0.29, 0.717) is 17.3 Å². The molecule has 0 aliphatic heterocycles. The fraction of sp³-hybridized carbons (Fsp3) is 0.419. The predicted octanol–water partition coefficient (Wildman–Crippen LogP) is 6.40. The Bertz CT molecular complexity index is 1210. The van der Waals surface area contributed by atoms with Gasteiger partial charge in [-0.15, -0.1) is 0 Å². The van der Waals surface area contributed by atoms with Crippen LogP contribution in [0.3, 0.4) is 0 Å². The van der Waals surface area contributed by atoms with E-state index in [2.05, 4.69) is 59.7 Å². The van der Waals surface area contributed by atoms with E-state index >= 15 is 0 Å². The van der Waals surface area contributed by atoms with Crippen LogP contribution in [0, 0.1) is 12.8 Å². The second-order valence-electron chi connectivity index (χ2n) is 10.7. The molecule has 1 amide bonds. The third-order valence-electron chi connectivity index (χ3n) is 8.32. The van der Waals surface area contributed by atoms with Crippen LogP contribution < -0.4 is 5.32 Å². The molecule has 35 heavy (non-hydrogen) atoms. The molecular formula is C31H36N2O2. The van der Waals surface area contributed by atoms with Crippen LogP contribution in [0.1, 0.15) is 78.2 Å². The van der Waals surface area contributed by atoms with Crippen molar-refractivity contribution in [1.82, 2.24) is 4.98 Å². The molecule has 0 saturated heterocycles. The quantitative estimate of drug-likeness (QED) is 0.440. The Morgan fingerprint density at radius 1 is 1.09 bits per heavy atom. The van der Waals surface area contributed by atoms with Crippen LogP contribution in [0.2, 0.25) is 0 Å². The molecule has 1 heterocycles. The molecular weight excluding hydrogens is 432 g/mol. The van der Waals surface area contributed by atoms with Crippen molar-refractivity contribution in [2.75, 3.05) is 5.32 Å². The van der Waals surface area contributed by atoms with Crippen LogP contribution in [-0.2, 0) is 18.3 Å². The molecule has 3 atom stereocenters. The van der Waals surface area contributed by atoms with Gasteiger partial charge in [-0.3, -0.25) is 4.79 Å². The average molecular weight is 469 g/mol. The number of hydrogen-bond acceptors (Lipinski definition) is 3. The summed E-state index contributed by atoms with van der Waals surface area (Å²) in [4.78, 5) is 17.4. The molecule has 4 nitrogen and oxygen atoms in total. The van der Waals surface area contributed by atoms with Crippen molar-refractivity contribution in [2.24, 2.45) is 5.92 Å². The minimum absolute atomic E-state index is 0.00200. The van der Waals surface area contributed by atoms with Crippen molar-refractivity contribution < 1.29 is 9.90 Å². The minimum Gasteiger partial charge on any atom is -0.390 e. The van der Waals surface area contributed by atoms with Gasteiger partial charge >= 0.3 is 0 Å². The molecule has 2 N–H and O–H groups in total. The summed E-state index contributed by atoms with van der Waals surface area (Å²) in [5.41, 5.74) is 5.02. The third-order valence-corrected chi connectivity index (χ3v) is 8.32. The number of benzene rings is 2. The number of aliphatic hydroxyl groups is 1. The molecule has 0 radical (unpaired) electrons. The first-order valence-electron chi connectivity index (χ1n) is 13.1. The zero-order chi connectivity index (χ0) is 24.5. The van der Waals surface area contributed by atoms with Crippen molar-refractivity contribution in [3.05, 3.63) is 94.7 Å². The van der Waals surface area contributed by atoms with Gasteiger partial charge in [-0.25, -0.2) is 4.98 Å². The van der Waals surface area contributed by atoms with Crippen LogP contribution in [0.25, 0.3) is 0 Å². The molecule has 0 spiro atoms. The molecule has 2 aromatic carbocycles. The molecule has 2 aliphatic carbocycles. The molecule has 1 fully saturated rings. The van der Waals surface area contributed by atoms with E-state index in [4.69, 9.17) is 0 Å². The maximum atomic E-state index is 13.0. The van der Waals surface area contributed by atoms with E-state index in [-0.39, 0.29) is 11.3 Å². The molecule has 5 rings (SSSR count). The molecule has 1 saturated carbocycles. The van der Waals surface area contributed by atoms with Crippen LogP contribution in [-0.4, -0.2) is 21.6 Å². The van der Waals surface area contributed by atoms with Gasteiger partial charge in [0, 0.05) is 16.7 Å². The van der Waals surface area contributed by atoms with Crippen molar-refractivity contribution in [3.8, 4) is 0 Å². The number of pyridine rings is 1. The van der Waals surface area contributed by atoms with Crippen LogP contribution in [0.5, 0.6) is 0 Å². The van der Waals surface area contributed by atoms with Gasteiger partial charge in [0.25, 0.3) is 5.91 Å². The third kappa shape index (κ3) is 4.77. The Balaban J connectivity index is 1.48. The molecule has 182 valence electrons. The van der Waals surface area contributed by atoms with E-state index in [1.54, 1.807) is 0 Å². The number of hydrogen-bond donors (Lipinski definition) is 2. The van der Waals surface area contributed by atoms with Gasteiger partial charge in [0.2, 0.25) is 0 Å². The SMILES string of the molecule is CCC[C@@]1(O)CC[C@@]2(Cc3ccccc3)c3ccc(C(=O)Nc4cccc(C)n4)cc3CC[C@@H]2C1. The van der Waals surface area contributed by atoms with Crippen LogP contribution in [0.4, 0.5) is 5.82 Å². The lowest BCUT2D eigenvalue weighted by Gasteiger charge is -2.53. The highest BCUT2D eigenvalue weighted by Gasteiger charge is 2.51. The van der Waals surface area contributed by atoms with E-state index < -0.39 is 5.60 Å². The first-order valence-corrected chi connectivity index (χ1v) is 13.1. The Morgan fingerprint density at radius 2 is 1.91 bits per heavy atom. The van der Waals surface area contributed by atoms with Gasteiger partial charge in [-0.1, -0.05) is 55.8 Å². The van der Waals surface area contributed by atoms with Crippen LogP contribution in [0.15, 0.2) is 66.7 Å². The zero-order valence-electron chi connectivity index (χ0n) is 20.9. The molecule has 1 aromatic heterocycles. The summed E-state index contributed by atoms with van der Waals surface area (Å²) in [6, 6.07) is 22.7. The Hall–Kier alpha value is -2.98. The fourth-order valence-electron chi connectivity index (χ4n) is 6.69.